The fourth-order valence-corrected chi connectivity index (χ4v) is 2.27. The lowest BCUT2D eigenvalue weighted by Crippen LogP contribution is -2.35. The lowest BCUT2D eigenvalue weighted by Gasteiger charge is -2.10. The standard InChI is InChI=1S/C18H17ClN2O4/c1-11-5-3-4-6-13(11)10-20-16(22)17(23)21-15-9-12(18(24)25-2)7-8-14(15)19/h3-9H,10H2,1-2H3,(H,20,22)(H,21,23). The molecule has 0 saturated carbocycles. The zero-order valence-electron chi connectivity index (χ0n) is 13.8. The Balaban J connectivity index is 2.02. The van der Waals surface area contributed by atoms with Crippen molar-refractivity contribution in [1.29, 1.82) is 0 Å². The highest BCUT2D eigenvalue weighted by Crippen LogP contribution is 2.23. The topological polar surface area (TPSA) is 84.5 Å². The summed E-state index contributed by atoms with van der Waals surface area (Å²) >= 11 is 5.99. The number of carbonyl (C=O) groups excluding carboxylic acids is 3. The third-order valence-electron chi connectivity index (χ3n) is 3.54. The molecule has 0 fully saturated rings. The Morgan fingerprint density at radius 2 is 1.80 bits per heavy atom. The largest absolute Gasteiger partial charge is 0.465 e. The van der Waals surface area contributed by atoms with Gasteiger partial charge in [-0.25, -0.2) is 4.79 Å². The van der Waals surface area contributed by atoms with Gasteiger partial charge in [-0.1, -0.05) is 35.9 Å². The summed E-state index contributed by atoms with van der Waals surface area (Å²) < 4.78 is 4.61. The predicted octanol–water partition coefficient (Wildman–Crippen LogP) is 2.69. The number of carbonyl (C=O) groups is 3. The average molecular weight is 361 g/mol. The van der Waals surface area contributed by atoms with Crippen LogP contribution in [-0.4, -0.2) is 24.9 Å². The van der Waals surface area contributed by atoms with Gasteiger partial charge in [-0.15, -0.1) is 0 Å². The van der Waals surface area contributed by atoms with Gasteiger partial charge in [0.25, 0.3) is 0 Å². The van der Waals surface area contributed by atoms with E-state index in [9.17, 15) is 14.4 Å². The minimum Gasteiger partial charge on any atom is -0.465 e. The Bertz CT molecular complexity index is 820. The Hall–Kier alpha value is -2.86. The highest BCUT2D eigenvalue weighted by atomic mass is 35.5. The van der Waals surface area contributed by atoms with Crippen molar-refractivity contribution in [3.05, 3.63) is 64.2 Å². The summed E-state index contributed by atoms with van der Waals surface area (Å²) in [5.41, 5.74) is 2.29. The fraction of sp³-hybridized carbons (Fsp3) is 0.167. The molecule has 0 radical (unpaired) electrons. The molecule has 130 valence electrons. The number of rotatable bonds is 4. The number of halogens is 1. The molecular weight excluding hydrogens is 344 g/mol. The van der Waals surface area contributed by atoms with Crippen molar-refractivity contribution < 1.29 is 19.1 Å². The molecule has 2 aromatic carbocycles. The fourth-order valence-electron chi connectivity index (χ4n) is 2.11. The number of nitrogens with one attached hydrogen (secondary N) is 2. The molecule has 0 unspecified atom stereocenters. The van der Waals surface area contributed by atoms with Gasteiger partial charge in [0, 0.05) is 6.54 Å². The van der Waals surface area contributed by atoms with Crippen LogP contribution in [0.25, 0.3) is 0 Å². The van der Waals surface area contributed by atoms with Crippen molar-refractivity contribution in [3.63, 3.8) is 0 Å². The van der Waals surface area contributed by atoms with E-state index >= 15 is 0 Å². The Labute approximate surface area is 150 Å². The summed E-state index contributed by atoms with van der Waals surface area (Å²) in [4.78, 5) is 35.5. The molecular formula is C18H17ClN2O4. The van der Waals surface area contributed by atoms with Crippen LogP contribution in [-0.2, 0) is 20.9 Å². The van der Waals surface area contributed by atoms with E-state index in [1.165, 1.54) is 25.3 Å². The summed E-state index contributed by atoms with van der Waals surface area (Å²) in [6.07, 6.45) is 0. The zero-order chi connectivity index (χ0) is 18.4. The maximum Gasteiger partial charge on any atom is 0.337 e. The Kier molecular flexibility index (Phi) is 6.14. The van der Waals surface area contributed by atoms with Gasteiger partial charge in [-0.2, -0.15) is 0 Å². The number of ether oxygens (including phenoxy) is 1. The molecule has 2 amide bonds. The van der Waals surface area contributed by atoms with Gasteiger partial charge in [0.15, 0.2) is 0 Å². The second-order valence-corrected chi connectivity index (χ2v) is 5.66. The molecule has 2 N–H and O–H groups in total. The van der Waals surface area contributed by atoms with E-state index in [-0.39, 0.29) is 22.8 Å². The number of hydrogen-bond donors (Lipinski definition) is 2. The number of aryl methyl sites for hydroxylation is 1. The lowest BCUT2D eigenvalue weighted by molar-refractivity contribution is -0.136. The molecule has 0 saturated heterocycles. The molecule has 0 aliphatic rings. The molecule has 6 nitrogen and oxygen atoms in total. The first-order chi connectivity index (χ1) is 11.9. The summed E-state index contributed by atoms with van der Waals surface area (Å²) in [5, 5.41) is 5.13. The van der Waals surface area contributed by atoms with Gasteiger partial charge >= 0.3 is 17.8 Å². The number of esters is 1. The number of anilines is 1. The first-order valence-electron chi connectivity index (χ1n) is 7.44. The van der Waals surface area contributed by atoms with Crippen LogP contribution in [0.15, 0.2) is 42.5 Å². The lowest BCUT2D eigenvalue weighted by atomic mass is 10.1. The number of hydrogen-bond acceptors (Lipinski definition) is 4. The summed E-state index contributed by atoms with van der Waals surface area (Å²) in [7, 11) is 1.24. The molecule has 0 atom stereocenters. The SMILES string of the molecule is COC(=O)c1ccc(Cl)c(NC(=O)C(=O)NCc2ccccc2C)c1. The van der Waals surface area contributed by atoms with Gasteiger partial charge in [-0.3, -0.25) is 9.59 Å². The Morgan fingerprint density at radius 1 is 1.08 bits per heavy atom. The van der Waals surface area contributed by atoms with Gasteiger partial charge in [0.05, 0.1) is 23.4 Å². The van der Waals surface area contributed by atoms with Crippen LogP contribution in [0.4, 0.5) is 5.69 Å². The van der Waals surface area contributed by atoms with Gasteiger partial charge < -0.3 is 15.4 Å². The van der Waals surface area contributed by atoms with E-state index in [1.807, 2.05) is 31.2 Å². The van der Waals surface area contributed by atoms with E-state index in [2.05, 4.69) is 15.4 Å². The Morgan fingerprint density at radius 3 is 2.48 bits per heavy atom. The van der Waals surface area contributed by atoms with Crippen LogP contribution >= 0.6 is 11.6 Å². The molecule has 0 bridgehead atoms. The van der Waals surface area contributed by atoms with Crippen molar-refractivity contribution in [2.24, 2.45) is 0 Å². The van der Waals surface area contributed by atoms with Crippen LogP contribution in [0, 0.1) is 6.92 Å². The van der Waals surface area contributed by atoms with Gasteiger partial charge in [0.1, 0.15) is 0 Å². The first-order valence-corrected chi connectivity index (χ1v) is 7.81. The molecule has 0 aromatic heterocycles. The quantitative estimate of drug-likeness (QED) is 0.648. The number of benzene rings is 2. The maximum atomic E-state index is 12.0. The van der Waals surface area contributed by atoms with Crippen molar-refractivity contribution in [2.45, 2.75) is 13.5 Å². The van der Waals surface area contributed by atoms with E-state index in [4.69, 9.17) is 11.6 Å². The van der Waals surface area contributed by atoms with E-state index in [0.717, 1.165) is 11.1 Å². The molecule has 0 spiro atoms. The van der Waals surface area contributed by atoms with Crippen molar-refractivity contribution >= 4 is 35.1 Å². The number of amides is 2. The van der Waals surface area contributed by atoms with E-state index < -0.39 is 17.8 Å². The van der Waals surface area contributed by atoms with Crippen LogP contribution < -0.4 is 10.6 Å². The highest BCUT2D eigenvalue weighted by molar-refractivity contribution is 6.41. The summed E-state index contributed by atoms with van der Waals surface area (Å²) in [6, 6.07) is 11.8. The second-order valence-electron chi connectivity index (χ2n) is 5.25. The molecule has 0 aliphatic carbocycles. The van der Waals surface area contributed by atoms with Crippen molar-refractivity contribution in [1.82, 2.24) is 5.32 Å². The monoisotopic (exact) mass is 360 g/mol. The second kappa shape index (κ2) is 8.30. The van der Waals surface area contributed by atoms with Crippen LogP contribution in [0.3, 0.4) is 0 Å². The molecule has 2 rings (SSSR count). The smallest absolute Gasteiger partial charge is 0.337 e. The van der Waals surface area contributed by atoms with Crippen molar-refractivity contribution in [3.8, 4) is 0 Å². The molecule has 2 aromatic rings. The van der Waals surface area contributed by atoms with E-state index in [0.29, 0.717) is 0 Å². The number of methoxy groups -OCH3 is 1. The minimum absolute atomic E-state index is 0.153. The highest BCUT2D eigenvalue weighted by Gasteiger charge is 2.16. The zero-order valence-corrected chi connectivity index (χ0v) is 14.5. The normalized spacial score (nSPS) is 10.0. The van der Waals surface area contributed by atoms with E-state index in [1.54, 1.807) is 0 Å². The van der Waals surface area contributed by atoms with Crippen LogP contribution in [0.5, 0.6) is 0 Å². The van der Waals surface area contributed by atoms with Gasteiger partial charge in [0.2, 0.25) is 0 Å². The summed E-state index contributed by atoms with van der Waals surface area (Å²) in [5.74, 6) is -2.25. The molecule has 0 aliphatic heterocycles. The van der Waals surface area contributed by atoms with Crippen LogP contribution in [0.1, 0.15) is 21.5 Å². The van der Waals surface area contributed by atoms with Gasteiger partial charge in [-0.05, 0) is 36.2 Å². The molecule has 0 heterocycles. The van der Waals surface area contributed by atoms with Crippen LogP contribution in [0.2, 0.25) is 5.02 Å². The minimum atomic E-state index is -0.877. The first kappa shape index (κ1) is 18.5. The average Bonchev–Trinajstić information content (AvgIpc) is 2.61. The summed E-state index contributed by atoms with van der Waals surface area (Å²) in [6.45, 7) is 2.15. The maximum absolute atomic E-state index is 12.0. The van der Waals surface area contributed by atoms with Crippen molar-refractivity contribution in [2.75, 3.05) is 12.4 Å². The third-order valence-corrected chi connectivity index (χ3v) is 3.87. The molecule has 25 heavy (non-hydrogen) atoms. The predicted molar refractivity (Wildman–Crippen MR) is 94.4 cm³/mol. The third kappa shape index (κ3) is 4.81. The molecule has 7 heteroatoms.